The molecular formula is C21H23F3N4O6. The van der Waals surface area contributed by atoms with Gasteiger partial charge in [0.1, 0.15) is 12.3 Å². The standard InChI is InChI=1S/C19H22N4O4.C2HF3O2/c1-21-16-10-13(22-8-6-12(11-24)7-9-22)2-3-14(16)23(19(21)27)15-4-5-17(25)20-18(15)26;3-2(4,5)1(6)7/h2-3,10-12,15H,4-9H2,1H3,(H,20,25,26);(H,6,7). The Labute approximate surface area is 190 Å². The minimum atomic E-state index is -5.08. The second-order valence-electron chi connectivity index (χ2n) is 8.11. The lowest BCUT2D eigenvalue weighted by atomic mass is 9.98. The summed E-state index contributed by atoms with van der Waals surface area (Å²) in [5, 5.41) is 9.44. The molecule has 2 N–H and O–H groups in total. The van der Waals surface area contributed by atoms with Crippen LogP contribution < -0.4 is 15.9 Å². The smallest absolute Gasteiger partial charge is 0.475 e. The molecular weight excluding hydrogens is 461 g/mol. The summed E-state index contributed by atoms with van der Waals surface area (Å²) in [7, 11) is 1.69. The van der Waals surface area contributed by atoms with Crippen molar-refractivity contribution in [1.29, 1.82) is 0 Å². The number of fused-ring (bicyclic) bond motifs is 1. The summed E-state index contributed by atoms with van der Waals surface area (Å²) < 4.78 is 34.8. The van der Waals surface area contributed by atoms with E-state index in [1.807, 2.05) is 18.2 Å². The Hall–Kier alpha value is -3.64. The van der Waals surface area contributed by atoms with E-state index in [4.69, 9.17) is 9.90 Å². The molecule has 1 unspecified atom stereocenters. The average molecular weight is 484 g/mol. The quantitative estimate of drug-likeness (QED) is 0.497. The van der Waals surface area contributed by atoms with Crippen molar-refractivity contribution in [3.05, 3.63) is 28.7 Å². The number of piperidine rings is 2. The first-order valence-corrected chi connectivity index (χ1v) is 10.5. The summed E-state index contributed by atoms with van der Waals surface area (Å²) in [6.07, 6.45) is -1.84. The van der Waals surface area contributed by atoms with Gasteiger partial charge in [-0.3, -0.25) is 24.0 Å². The molecule has 1 atom stereocenters. The molecule has 34 heavy (non-hydrogen) atoms. The number of imidazole rings is 1. The number of aldehydes is 1. The van der Waals surface area contributed by atoms with Gasteiger partial charge in [-0.1, -0.05) is 0 Å². The van der Waals surface area contributed by atoms with Crippen molar-refractivity contribution in [2.45, 2.75) is 37.9 Å². The van der Waals surface area contributed by atoms with E-state index in [9.17, 15) is 32.3 Å². The minimum Gasteiger partial charge on any atom is -0.475 e. The molecule has 3 heterocycles. The minimum absolute atomic E-state index is 0.128. The highest BCUT2D eigenvalue weighted by molar-refractivity contribution is 6.00. The Morgan fingerprint density at radius 3 is 2.26 bits per heavy atom. The second kappa shape index (κ2) is 9.69. The summed E-state index contributed by atoms with van der Waals surface area (Å²) in [4.78, 5) is 58.5. The van der Waals surface area contributed by atoms with Crippen LogP contribution in [0.25, 0.3) is 11.0 Å². The molecule has 13 heteroatoms. The van der Waals surface area contributed by atoms with Crippen LogP contribution in [0.4, 0.5) is 18.9 Å². The Morgan fingerprint density at radius 1 is 1.12 bits per heavy atom. The first-order valence-electron chi connectivity index (χ1n) is 10.5. The number of carboxylic acid groups (broad SMARTS) is 1. The van der Waals surface area contributed by atoms with Crippen molar-refractivity contribution in [1.82, 2.24) is 14.5 Å². The number of amides is 2. The number of aryl methyl sites for hydroxylation is 1. The monoisotopic (exact) mass is 484 g/mol. The Morgan fingerprint density at radius 2 is 1.74 bits per heavy atom. The van der Waals surface area contributed by atoms with E-state index < -0.39 is 24.1 Å². The van der Waals surface area contributed by atoms with Gasteiger partial charge in [0.15, 0.2) is 0 Å². The van der Waals surface area contributed by atoms with Gasteiger partial charge in [0.25, 0.3) is 0 Å². The molecule has 0 aliphatic carbocycles. The molecule has 0 saturated carbocycles. The van der Waals surface area contributed by atoms with E-state index in [1.54, 1.807) is 11.6 Å². The number of carbonyl (C=O) groups excluding carboxylic acids is 3. The van der Waals surface area contributed by atoms with E-state index in [-0.39, 0.29) is 23.9 Å². The number of carbonyl (C=O) groups is 4. The van der Waals surface area contributed by atoms with Crippen LogP contribution in [0.3, 0.4) is 0 Å². The average Bonchev–Trinajstić information content (AvgIpc) is 3.03. The third-order valence-electron chi connectivity index (χ3n) is 5.93. The SMILES string of the molecule is Cn1c(=O)n(C2CCC(=O)NC2=O)c2ccc(N3CCC(C=O)CC3)cc21.O=C(O)C(F)(F)F. The second-order valence-corrected chi connectivity index (χ2v) is 8.11. The molecule has 0 spiro atoms. The van der Waals surface area contributed by atoms with Crippen molar-refractivity contribution in [2.75, 3.05) is 18.0 Å². The number of carboxylic acids is 1. The molecule has 2 fully saturated rings. The van der Waals surface area contributed by atoms with Gasteiger partial charge in [-0.15, -0.1) is 0 Å². The topological polar surface area (TPSA) is 131 Å². The Bertz CT molecular complexity index is 1180. The maximum atomic E-state index is 12.8. The highest BCUT2D eigenvalue weighted by Gasteiger charge is 2.38. The number of hydrogen-bond acceptors (Lipinski definition) is 6. The largest absolute Gasteiger partial charge is 0.490 e. The highest BCUT2D eigenvalue weighted by atomic mass is 19.4. The summed E-state index contributed by atoms with van der Waals surface area (Å²) in [5.74, 6) is -3.36. The number of alkyl halides is 3. The fourth-order valence-corrected chi connectivity index (χ4v) is 4.07. The molecule has 2 aliphatic rings. The van der Waals surface area contributed by atoms with Gasteiger partial charge in [0, 0.05) is 38.2 Å². The first kappa shape index (κ1) is 25.0. The number of aromatic nitrogens is 2. The Balaban J connectivity index is 0.000000406. The number of halogens is 3. The number of rotatable bonds is 3. The number of anilines is 1. The summed E-state index contributed by atoms with van der Waals surface area (Å²) in [5.41, 5.74) is 2.17. The maximum absolute atomic E-state index is 12.8. The van der Waals surface area contributed by atoms with E-state index in [2.05, 4.69) is 10.2 Å². The highest BCUT2D eigenvalue weighted by Crippen LogP contribution is 2.28. The zero-order valence-electron chi connectivity index (χ0n) is 18.2. The molecule has 2 saturated heterocycles. The number of aliphatic carboxylic acids is 1. The molecule has 0 bridgehead atoms. The van der Waals surface area contributed by atoms with Gasteiger partial charge >= 0.3 is 17.8 Å². The van der Waals surface area contributed by atoms with E-state index in [1.165, 1.54) is 4.57 Å². The van der Waals surface area contributed by atoms with Crippen LogP contribution in [0.1, 0.15) is 31.7 Å². The van der Waals surface area contributed by atoms with Crippen LogP contribution in [0.15, 0.2) is 23.0 Å². The lowest BCUT2D eigenvalue weighted by Crippen LogP contribution is -2.44. The van der Waals surface area contributed by atoms with E-state index in [0.717, 1.165) is 43.4 Å². The van der Waals surface area contributed by atoms with Crippen LogP contribution in [0, 0.1) is 5.92 Å². The number of imide groups is 1. The molecule has 2 amide bonds. The van der Waals surface area contributed by atoms with Crippen molar-refractivity contribution < 1.29 is 37.5 Å². The molecule has 2 aliphatic heterocycles. The lowest BCUT2D eigenvalue weighted by Gasteiger charge is -2.31. The van der Waals surface area contributed by atoms with Gasteiger partial charge in [-0.2, -0.15) is 13.2 Å². The molecule has 2 aromatic rings. The molecule has 4 rings (SSSR count). The van der Waals surface area contributed by atoms with Gasteiger partial charge in [0.05, 0.1) is 11.0 Å². The zero-order chi connectivity index (χ0) is 25.2. The first-order chi connectivity index (χ1) is 15.9. The summed E-state index contributed by atoms with van der Waals surface area (Å²) in [6.45, 7) is 1.60. The molecule has 1 aromatic carbocycles. The van der Waals surface area contributed by atoms with E-state index >= 15 is 0 Å². The number of hydrogen-bond donors (Lipinski definition) is 2. The summed E-state index contributed by atoms with van der Waals surface area (Å²) >= 11 is 0. The molecule has 0 radical (unpaired) electrons. The van der Waals surface area contributed by atoms with Gasteiger partial charge in [0.2, 0.25) is 11.8 Å². The van der Waals surface area contributed by atoms with Crippen LogP contribution in [-0.4, -0.2) is 57.6 Å². The predicted molar refractivity (Wildman–Crippen MR) is 113 cm³/mol. The van der Waals surface area contributed by atoms with Crippen molar-refractivity contribution in [2.24, 2.45) is 13.0 Å². The number of nitrogens with zero attached hydrogens (tertiary/aromatic N) is 3. The predicted octanol–water partition coefficient (Wildman–Crippen LogP) is 1.37. The molecule has 184 valence electrons. The van der Waals surface area contributed by atoms with E-state index in [0.29, 0.717) is 11.9 Å². The number of nitrogens with one attached hydrogen (secondary N) is 1. The summed E-state index contributed by atoms with van der Waals surface area (Å²) in [6, 6.07) is 5.10. The van der Waals surface area contributed by atoms with Crippen LogP contribution in [0.5, 0.6) is 0 Å². The Kier molecular flexibility index (Phi) is 7.12. The van der Waals surface area contributed by atoms with Gasteiger partial charge in [-0.05, 0) is 37.5 Å². The van der Waals surface area contributed by atoms with Crippen molar-refractivity contribution >= 4 is 40.8 Å². The van der Waals surface area contributed by atoms with Gasteiger partial charge in [-0.25, -0.2) is 9.59 Å². The van der Waals surface area contributed by atoms with Crippen LogP contribution >= 0.6 is 0 Å². The fourth-order valence-electron chi connectivity index (χ4n) is 4.07. The molecule has 1 aromatic heterocycles. The van der Waals surface area contributed by atoms with Crippen molar-refractivity contribution in [3.63, 3.8) is 0 Å². The normalized spacial score (nSPS) is 19.4. The van der Waals surface area contributed by atoms with Gasteiger partial charge < -0.3 is 14.8 Å². The number of benzene rings is 1. The lowest BCUT2D eigenvalue weighted by molar-refractivity contribution is -0.192. The fraction of sp³-hybridized carbons (Fsp3) is 0.476. The third-order valence-corrected chi connectivity index (χ3v) is 5.93. The third kappa shape index (κ3) is 5.13. The molecule has 10 nitrogen and oxygen atoms in total. The zero-order valence-corrected chi connectivity index (χ0v) is 18.2. The maximum Gasteiger partial charge on any atom is 0.490 e. The van der Waals surface area contributed by atoms with Crippen LogP contribution in [-0.2, 0) is 26.2 Å². The van der Waals surface area contributed by atoms with Crippen molar-refractivity contribution in [3.8, 4) is 0 Å². The van der Waals surface area contributed by atoms with Crippen LogP contribution in [0.2, 0.25) is 0 Å².